The average molecular weight is 398 g/mol. The molecular weight excluding hydrogens is 379 g/mol. The van der Waals surface area contributed by atoms with Crippen LogP contribution >= 0.6 is 11.0 Å². The summed E-state index contributed by atoms with van der Waals surface area (Å²) in [7, 11) is -3.12. The molecule has 2 aliphatic heterocycles. The summed E-state index contributed by atoms with van der Waals surface area (Å²) in [6, 6.07) is 13.4. The Hall–Kier alpha value is -2.10. The van der Waals surface area contributed by atoms with Crippen LogP contribution in [0.3, 0.4) is 0 Å². The van der Waals surface area contributed by atoms with E-state index in [9.17, 15) is 22.3 Å². The van der Waals surface area contributed by atoms with Crippen molar-refractivity contribution in [2.75, 3.05) is 27.0 Å². The number of nitrogens with one attached hydrogen (secondary N) is 1. The van der Waals surface area contributed by atoms with Gasteiger partial charge in [0.1, 0.15) is 0 Å². The highest BCUT2D eigenvalue weighted by Gasteiger charge is 2.39. The number of anilines is 3. The van der Waals surface area contributed by atoms with Gasteiger partial charge in [0.25, 0.3) is 0 Å². The lowest BCUT2D eigenvalue weighted by atomic mass is 10.0. The number of hydrogen-bond acceptors (Lipinski definition) is 5. The maximum Gasteiger partial charge on any atom is 0.416 e. The second kappa shape index (κ2) is 6.50. The first-order valence-corrected chi connectivity index (χ1v) is 10.0. The molecule has 1 saturated heterocycles. The van der Waals surface area contributed by atoms with Gasteiger partial charge in [0.05, 0.1) is 23.0 Å². The predicted molar refractivity (Wildman–Crippen MR) is 101 cm³/mol. The van der Waals surface area contributed by atoms with Gasteiger partial charge in [-0.1, -0.05) is 12.1 Å². The molecule has 0 aliphatic carbocycles. The van der Waals surface area contributed by atoms with Crippen LogP contribution in [0.4, 0.5) is 30.2 Å². The zero-order valence-electron chi connectivity index (χ0n) is 14.3. The summed E-state index contributed by atoms with van der Waals surface area (Å²) in [6.07, 6.45) is -3.06. The summed E-state index contributed by atoms with van der Waals surface area (Å²) in [6.45, 7) is 1.20. The lowest BCUT2D eigenvalue weighted by Crippen LogP contribution is -2.45. The number of nitrogens with zero attached hydrogens (tertiary/aromatic N) is 2. The zero-order valence-corrected chi connectivity index (χ0v) is 15.1. The fraction of sp³-hybridized carbons (Fsp3) is 0.333. The third kappa shape index (κ3) is 3.42. The van der Waals surface area contributed by atoms with Crippen molar-refractivity contribution in [3.8, 4) is 0 Å². The number of alkyl halides is 3. The second-order valence-electron chi connectivity index (χ2n) is 6.64. The topological polar surface area (TPSA) is 59.0 Å². The largest absolute Gasteiger partial charge is 0.416 e. The molecule has 1 fully saturated rings. The van der Waals surface area contributed by atoms with E-state index in [4.69, 9.17) is 0 Å². The summed E-state index contributed by atoms with van der Waals surface area (Å²) < 4.78 is 63.4. The van der Waals surface area contributed by atoms with Gasteiger partial charge >= 0.3 is 6.18 Å². The first kappa shape index (κ1) is 18.3. The average Bonchev–Trinajstić information content (AvgIpc) is 2.91. The van der Waals surface area contributed by atoms with E-state index in [2.05, 4.69) is 10.8 Å². The molecule has 9 heteroatoms. The van der Waals surface area contributed by atoms with E-state index in [0.29, 0.717) is 37.3 Å². The minimum absolute atomic E-state index is 0.0724. The van der Waals surface area contributed by atoms with Crippen molar-refractivity contribution in [3.63, 3.8) is 0 Å². The zero-order chi connectivity index (χ0) is 19.2. The smallest absolute Gasteiger partial charge is 0.371 e. The molecule has 2 aliphatic rings. The van der Waals surface area contributed by atoms with Crippen LogP contribution in [-0.4, -0.2) is 28.2 Å². The van der Waals surface area contributed by atoms with Crippen molar-refractivity contribution in [2.24, 2.45) is 0 Å². The summed E-state index contributed by atoms with van der Waals surface area (Å²) in [4.78, 5) is 1.97. The Morgan fingerprint density at radius 1 is 1.07 bits per heavy atom. The Labute approximate surface area is 157 Å². The van der Waals surface area contributed by atoms with E-state index in [1.165, 1.54) is 6.07 Å². The van der Waals surface area contributed by atoms with Crippen LogP contribution in [0.15, 0.2) is 42.5 Å². The molecule has 2 aromatic rings. The molecule has 145 valence electrons. The monoisotopic (exact) mass is 398 g/mol. The maximum absolute atomic E-state index is 12.7. The van der Waals surface area contributed by atoms with Crippen molar-refractivity contribution in [2.45, 2.75) is 25.1 Å². The molecule has 0 unspecified atom stereocenters. The standard InChI is InChI=1S/C18H19F3N3O2S/c19-18(20,21)13-5-7-14(8-6-13)23-11-9-15(10-12-23)24-17-4-2-1-3-16(17)22-27(24,25)26/h1-7,15,22,25-26H,9-12H2. The second-order valence-corrected chi connectivity index (χ2v) is 8.28. The number of rotatable bonds is 2. The van der Waals surface area contributed by atoms with Crippen LogP contribution in [0.2, 0.25) is 0 Å². The van der Waals surface area contributed by atoms with Gasteiger partial charge in [0.15, 0.2) is 0 Å². The normalized spacial score (nSPS) is 20.9. The van der Waals surface area contributed by atoms with Crippen molar-refractivity contribution in [3.05, 3.63) is 54.1 Å². The van der Waals surface area contributed by atoms with E-state index in [-0.39, 0.29) is 6.04 Å². The van der Waals surface area contributed by atoms with Crippen LogP contribution in [-0.2, 0) is 6.18 Å². The van der Waals surface area contributed by atoms with Gasteiger partial charge < -0.3 is 4.90 Å². The van der Waals surface area contributed by atoms with Crippen molar-refractivity contribution >= 4 is 28.0 Å². The van der Waals surface area contributed by atoms with Crippen molar-refractivity contribution in [1.29, 1.82) is 0 Å². The number of fused-ring (bicyclic) bond motifs is 1. The van der Waals surface area contributed by atoms with Gasteiger partial charge in [-0.25, -0.2) is 4.31 Å². The fourth-order valence-electron chi connectivity index (χ4n) is 3.62. The minimum Gasteiger partial charge on any atom is -0.371 e. The highest BCUT2D eigenvalue weighted by molar-refractivity contribution is 8.26. The van der Waals surface area contributed by atoms with E-state index in [1.807, 2.05) is 23.1 Å². The molecule has 2 aromatic carbocycles. The Morgan fingerprint density at radius 3 is 2.41 bits per heavy atom. The minimum atomic E-state index is -4.37. The molecule has 0 saturated carbocycles. The van der Waals surface area contributed by atoms with Gasteiger partial charge in [0.2, 0.25) is 0 Å². The molecule has 0 atom stereocenters. The van der Waals surface area contributed by atoms with E-state index < -0.39 is 22.7 Å². The number of hydrogen-bond donors (Lipinski definition) is 3. The van der Waals surface area contributed by atoms with E-state index in [1.54, 1.807) is 10.4 Å². The Bertz CT molecular complexity index is 821. The molecule has 0 bridgehead atoms. The summed E-state index contributed by atoms with van der Waals surface area (Å²) in [5.41, 5.74) is 1.36. The van der Waals surface area contributed by atoms with Gasteiger partial charge in [-0.05, 0) is 54.1 Å². The Morgan fingerprint density at radius 2 is 1.78 bits per heavy atom. The highest BCUT2D eigenvalue weighted by atomic mass is 32.3. The quantitative estimate of drug-likeness (QED) is 0.666. The number of benzene rings is 2. The molecular formula is C18H19F3N3O2S. The van der Waals surface area contributed by atoms with Crippen LogP contribution < -0.4 is 13.9 Å². The van der Waals surface area contributed by atoms with Crippen LogP contribution in [0.5, 0.6) is 0 Å². The molecule has 0 amide bonds. The molecule has 0 aromatic heterocycles. The van der Waals surface area contributed by atoms with Crippen molar-refractivity contribution < 1.29 is 22.3 Å². The van der Waals surface area contributed by atoms with Crippen molar-refractivity contribution in [1.82, 2.24) is 0 Å². The fourth-order valence-corrected chi connectivity index (χ4v) is 5.25. The first-order valence-electron chi connectivity index (χ1n) is 8.54. The lowest BCUT2D eigenvalue weighted by molar-refractivity contribution is -0.137. The van der Waals surface area contributed by atoms with E-state index >= 15 is 0 Å². The molecule has 3 N–H and O–H groups in total. The first-order chi connectivity index (χ1) is 12.8. The van der Waals surface area contributed by atoms with Crippen LogP contribution in [0.25, 0.3) is 0 Å². The number of piperidine rings is 1. The molecule has 4 rings (SSSR count). The molecule has 0 spiro atoms. The van der Waals surface area contributed by atoms with E-state index in [0.717, 1.165) is 17.8 Å². The third-order valence-corrected chi connectivity index (χ3v) is 6.46. The summed E-state index contributed by atoms with van der Waals surface area (Å²) in [5, 5.41) is 0. The highest BCUT2D eigenvalue weighted by Crippen LogP contribution is 2.57. The SMILES string of the molecule is OS1(O)Nc2ccccc2N1C1CCN(c2[c]cc(C(F)(F)F)cc2)CC1. The van der Waals surface area contributed by atoms with Crippen LogP contribution in [0, 0.1) is 6.07 Å². The molecule has 2 heterocycles. The molecule has 1 radical (unpaired) electrons. The lowest BCUT2D eigenvalue weighted by Gasteiger charge is -2.45. The maximum atomic E-state index is 12.7. The molecule has 5 nitrogen and oxygen atoms in total. The summed E-state index contributed by atoms with van der Waals surface area (Å²) >= 11 is 0. The van der Waals surface area contributed by atoms with Gasteiger partial charge in [0, 0.05) is 24.8 Å². The number of para-hydroxylation sites is 2. The predicted octanol–water partition coefficient (Wildman–Crippen LogP) is 4.99. The van der Waals surface area contributed by atoms with Gasteiger partial charge in [-0.15, -0.1) is 0 Å². The van der Waals surface area contributed by atoms with Gasteiger partial charge in [-0.2, -0.15) is 13.2 Å². The number of halogens is 3. The summed E-state index contributed by atoms with van der Waals surface area (Å²) in [5.74, 6) is 0. The Kier molecular flexibility index (Phi) is 4.40. The van der Waals surface area contributed by atoms with Crippen LogP contribution in [0.1, 0.15) is 18.4 Å². The Balaban J connectivity index is 1.46. The molecule has 27 heavy (non-hydrogen) atoms. The van der Waals surface area contributed by atoms with Gasteiger partial charge in [-0.3, -0.25) is 13.8 Å². The third-order valence-electron chi connectivity index (χ3n) is 4.92.